The lowest BCUT2D eigenvalue weighted by atomic mass is 9.66. The Morgan fingerprint density at radius 2 is 1.02 bits per heavy atom. The Kier molecular flexibility index (Phi) is 7.56. The van der Waals surface area contributed by atoms with Gasteiger partial charge in [-0.15, -0.1) is 11.3 Å². The molecule has 0 fully saturated rings. The van der Waals surface area contributed by atoms with Gasteiger partial charge < -0.3 is 9.30 Å². The molecule has 3 heterocycles. The second-order valence-corrected chi connectivity index (χ2v) is 19.0. The third-order valence-corrected chi connectivity index (χ3v) is 16.3. The smallest absolute Gasteiger partial charge is 0.171 e. The minimum atomic E-state index is -3.15. The quantitative estimate of drug-likeness (QED) is 0.163. The molecule has 2 aromatic heterocycles. The fraction of sp³-hybridized carbons (Fsp3) is 0.0189. The van der Waals surface area contributed by atoms with Crippen molar-refractivity contribution in [2.75, 3.05) is 0 Å². The van der Waals surface area contributed by atoms with Gasteiger partial charge in [0.25, 0.3) is 0 Å². The van der Waals surface area contributed by atoms with Crippen molar-refractivity contribution in [2.45, 2.75) is 5.41 Å². The van der Waals surface area contributed by atoms with E-state index in [2.05, 4.69) is 103 Å². The van der Waals surface area contributed by atoms with E-state index in [4.69, 9.17) is 14.7 Å². The molecule has 10 aromatic rings. The summed E-state index contributed by atoms with van der Waals surface area (Å²) in [4.78, 5) is 10.7. The molecule has 0 radical (unpaired) electrons. The monoisotopic (exact) mass is 792 g/mol. The number of hydrogen-bond acceptors (Lipinski definition) is 5. The van der Waals surface area contributed by atoms with Gasteiger partial charge in [0.15, 0.2) is 13.0 Å². The molecule has 1 aliphatic carbocycles. The van der Waals surface area contributed by atoms with Gasteiger partial charge in [-0.2, -0.15) is 0 Å². The van der Waals surface area contributed by atoms with Crippen molar-refractivity contribution in [2.24, 2.45) is 0 Å². The highest BCUT2D eigenvalue weighted by Crippen LogP contribution is 2.62. The molecular formula is C53H33N2O2PS. The van der Waals surface area contributed by atoms with E-state index in [1.165, 1.54) is 22.3 Å². The predicted octanol–water partition coefficient (Wildman–Crippen LogP) is 12.3. The van der Waals surface area contributed by atoms with Crippen LogP contribution in [0.5, 0.6) is 11.5 Å². The fourth-order valence-corrected chi connectivity index (χ4v) is 13.3. The molecule has 0 saturated carbocycles. The zero-order valence-electron chi connectivity index (χ0n) is 31.6. The average molecular weight is 793 g/mol. The molecule has 0 atom stereocenters. The molecule has 0 amide bonds. The Morgan fingerprint density at radius 1 is 0.475 bits per heavy atom. The van der Waals surface area contributed by atoms with Crippen molar-refractivity contribution < 1.29 is 9.30 Å². The van der Waals surface area contributed by atoms with Crippen LogP contribution in [0.3, 0.4) is 0 Å². The van der Waals surface area contributed by atoms with E-state index >= 15 is 4.57 Å². The van der Waals surface area contributed by atoms with Crippen molar-refractivity contribution in [3.63, 3.8) is 0 Å². The second kappa shape index (κ2) is 13.1. The maximum atomic E-state index is 15.2. The summed E-state index contributed by atoms with van der Waals surface area (Å²) >= 11 is 1.73. The van der Waals surface area contributed by atoms with Crippen molar-refractivity contribution in [1.29, 1.82) is 0 Å². The first-order chi connectivity index (χ1) is 29.1. The summed E-state index contributed by atoms with van der Waals surface area (Å²) in [6.45, 7) is 0. The van der Waals surface area contributed by atoms with Crippen LogP contribution in [-0.2, 0) is 9.98 Å². The molecule has 59 heavy (non-hydrogen) atoms. The van der Waals surface area contributed by atoms with Gasteiger partial charge in [-0.3, -0.25) is 0 Å². The van der Waals surface area contributed by atoms with Crippen LogP contribution >= 0.6 is 18.5 Å². The van der Waals surface area contributed by atoms with Gasteiger partial charge in [-0.1, -0.05) is 176 Å². The normalized spacial score (nSPS) is 13.4. The predicted molar refractivity (Wildman–Crippen MR) is 243 cm³/mol. The number of aromatic nitrogens is 2. The van der Waals surface area contributed by atoms with Crippen LogP contribution in [0.15, 0.2) is 200 Å². The number of para-hydroxylation sites is 2. The van der Waals surface area contributed by atoms with E-state index in [1.807, 2.05) is 97.1 Å². The number of rotatable bonds is 5. The number of ether oxygens (including phenoxy) is 1. The van der Waals surface area contributed by atoms with Crippen molar-refractivity contribution in [3.8, 4) is 45.3 Å². The molecule has 1 aliphatic heterocycles. The average Bonchev–Trinajstić information content (AvgIpc) is 3.83. The molecule has 8 aromatic carbocycles. The highest BCUT2D eigenvalue weighted by Gasteiger charge is 2.51. The first kappa shape index (κ1) is 34.2. The largest absolute Gasteiger partial charge is 0.457 e. The summed E-state index contributed by atoms with van der Waals surface area (Å²) < 4.78 is 24.0. The maximum Gasteiger partial charge on any atom is 0.171 e. The van der Waals surface area contributed by atoms with Gasteiger partial charge in [0.1, 0.15) is 11.5 Å². The molecule has 0 N–H and O–H groups in total. The third kappa shape index (κ3) is 4.93. The van der Waals surface area contributed by atoms with Crippen LogP contribution in [0, 0.1) is 0 Å². The molecule has 0 bridgehead atoms. The Bertz CT molecular complexity index is 3250. The van der Waals surface area contributed by atoms with Gasteiger partial charge in [-0.25, -0.2) is 9.97 Å². The standard InChI is InChI=1S/C53H33N2O2PS/c56-58(36-15-3-1-4-16-36,37-17-5-2-6-18-37)38-30-27-34(28-31-38)52-54-49(51-50(55-52)41-20-8-14-26-48(41)59-51)35-29-32-40-39-19-7-9-21-42(39)53(45(40)33-35)43-22-10-12-24-46(43)57-47-25-13-11-23-44(47)53/h1-33H. The molecular weight excluding hydrogens is 760 g/mol. The van der Waals surface area contributed by atoms with Crippen LogP contribution in [0.25, 0.3) is 54.1 Å². The lowest BCUT2D eigenvalue weighted by Gasteiger charge is -2.39. The Hall–Kier alpha value is -6.91. The third-order valence-electron chi connectivity index (χ3n) is 12.1. The lowest BCUT2D eigenvalue weighted by Crippen LogP contribution is -2.32. The number of fused-ring (bicyclic) bond motifs is 12. The minimum Gasteiger partial charge on any atom is -0.457 e. The molecule has 2 aliphatic rings. The van der Waals surface area contributed by atoms with E-state index in [0.717, 1.165) is 75.7 Å². The van der Waals surface area contributed by atoms with Gasteiger partial charge in [0.05, 0.1) is 21.3 Å². The summed E-state index contributed by atoms with van der Waals surface area (Å²) in [5.41, 5.74) is 10.2. The van der Waals surface area contributed by atoms with Crippen LogP contribution in [0.1, 0.15) is 22.3 Å². The van der Waals surface area contributed by atoms with Crippen molar-refractivity contribution in [3.05, 3.63) is 222 Å². The number of nitrogens with zero attached hydrogens (tertiary/aromatic N) is 2. The van der Waals surface area contributed by atoms with Crippen molar-refractivity contribution >= 4 is 54.7 Å². The van der Waals surface area contributed by atoms with Gasteiger partial charge in [-0.05, 0) is 46.5 Å². The number of benzene rings is 8. The Morgan fingerprint density at radius 3 is 1.71 bits per heavy atom. The molecule has 12 rings (SSSR count). The SMILES string of the molecule is O=P(c1ccccc1)(c1ccccc1)c1ccc(-c2nc(-c3ccc4c(c3)C3(c5ccccc5Oc5ccccc53)c3ccccc3-4)c3sc4ccccc4c3n2)cc1. The molecule has 1 spiro atoms. The zero-order valence-corrected chi connectivity index (χ0v) is 33.3. The van der Waals surface area contributed by atoms with Crippen LogP contribution in [0.4, 0.5) is 0 Å². The summed E-state index contributed by atoms with van der Waals surface area (Å²) in [5.74, 6) is 2.35. The first-order valence-electron chi connectivity index (χ1n) is 19.8. The van der Waals surface area contributed by atoms with Crippen molar-refractivity contribution in [1.82, 2.24) is 9.97 Å². The highest BCUT2D eigenvalue weighted by atomic mass is 32.1. The van der Waals surface area contributed by atoms with E-state index in [-0.39, 0.29) is 0 Å². The summed E-state index contributed by atoms with van der Waals surface area (Å²) in [6.07, 6.45) is 0. The van der Waals surface area contributed by atoms with E-state index in [9.17, 15) is 0 Å². The number of hydrogen-bond donors (Lipinski definition) is 0. The molecule has 278 valence electrons. The Balaban J connectivity index is 1.07. The first-order valence-corrected chi connectivity index (χ1v) is 22.3. The minimum absolute atomic E-state index is 0.593. The summed E-state index contributed by atoms with van der Waals surface area (Å²) in [5, 5.41) is 3.47. The maximum absolute atomic E-state index is 15.2. The fourth-order valence-electron chi connectivity index (χ4n) is 9.46. The van der Waals surface area contributed by atoms with Crippen LogP contribution < -0.4 is 20.7 Å². The highest BCUT2D eigenvalue weighted by molar-refractivity contribution is 7.85. The van der Waals surface area contributed by atoms with Crippen LogP contribution in [-0.4, -0.2) is 9.97 Å². The van der Waals surface area contributed by atoms with E-state index < -0.39 is 12.6 Å². The topological polar surface area (TPSA) is 52.1 Å². The van der Waals surface area contributed by atoms with Crippen LogP contribution in [0.2, 0.25) is 0 Å². The lowest BCUT2D eigenvalue weighted by molar-refractivity contribution is 0.436. The molecule has 0 unspecified atom stereocenters. The van der Waals surface area contributed by atoms with E-state index in [0.29, 0.717) is 5.82 Å². The second-order valence-electron chi connectivity index (χ2n) is 15.1. The molecule has 4 nitrogen and oxygen atoms in total. The zero-order chi connectivity index (χ0) is 39.1. The van der Waals surface area contributed by atoms with Gasteiger partial charge in [0.2, 0.25) is 0 Å². The van der Waals surface area contributed by atoms with Gasteiger partial charge in [0, 0.05) is 48.3 Å². The summed E-state index contributed by atoms with van der Waals surface area (Å²) in [6, 6.07) is 68.7. The van der Waals surface area contributed by atoms with Gasteiger partial charge >= 0.3 is 0 Å². The van der Waals surface area contributed by atoms with E-state index in [1.54, 1.807) is 11.3 Å². The molecule has 6 heteroatoms. The molecule has 0 saturated heterocycles. The Labute approximate surface area is 345 Å². The summed E-state index contributed by atoms with van der Waals surface area (Å²) in [7, 11) is -3.15. The number of thiophene rings is 1.